The highest BCUT2D eigenvalue weighted by atomic mass is 19.1. The summed E-state index contributed by atoms with van der Waals surface area (Å²) < 4.78 is 37.0. The van der Waals surface area contributed by atoms with E-state index < -0.39 is 164 Å². The highest BCUT2D eigenvalue weighted by Crippen LogP contribution is 2.41. The van der Waals surface area contributed by atoms with E-state index in [0.717, 1.165) is 23.8 Å². The maximum absolute atomic E-state index is 15.4. The highest BCUT2D eigenvalue weighted by Gasteiger charge is 2.39. The van der Waals surface area contributed by atoms with Gasteiger partial charge in [-0.15, -0.1) is 0 Å². The first-order valence-corrected chi connectivity index (χ1v) is 26.2. The number of primary amides is 1. The summed E-state index contributed by atoms with van der Waals surface area (Å²) in [6, 6.07) is 16.2. The van der Waals surface area contributed by atoms with Crippen molar-refractivity contribution >= 4 is 65.0 Å². The molecule has 0 bridgehead atoms. The van der Waals surface area contributed by atoms with Crippen LogP contribution in [-0.2, 0) is 65.8 Å². The van der Waals surface area contributed by atoms with Gasteiger partial charge >= 0.3 is 18.0 Å². The number of nitrogens with one attached hydrogen (secondary N) is 5. The van der Waals surface area contributed by atoms with Crippen molar-refractivity contribution in [2.45, 2.75) is 116 Å². The maximum Gasteiger partial charge on any atom is 0.408 e. The lowest BCUT2D eigenvalue weighted by Gasteiger charge is -2.41. The predicted molar refractivity (Wildman–Crippen MR) is 290 cm³/mol. The first-order chi connectivity index (χ1) is 38.7. The normalized spacial score (nSPS) is 13.0. The molecular weight excluding hydrogens is 1070 g/mol. The second-order valence-corrected chi connectivity index (χ2v) is 20.5. The van der Waals surface area contributed by atoms with Crippen molar-refractivity contribution in [1.82, 2.24) is 36.1 Å². The van der Waals surface area contributed by atoms with Gasteiger partial charge < -0.3 is 61.8 Å². The topological polar surface area (TPSA) is 352 Å². The van der Waals surface area contributed by atoms with Crippen LogP contribution >= 0.6 is 0 Å². The summed E-state index contributed by atoms with van der Waals surface area (Å²) in [6.07, 6.45) is -3.57. The molecule has 1 aromatic heterocycles. The number of benzene rings is 3. The van der Waals surface area contributed by atoms with Gasteiger partial charge in [-0.2, -0.15) is 0 Å². The summed E-state index contributed by atoms with van der Waals surface area (Å²) in [6.45, 7) is 4.46. The number of carboxylic acids is 2. The molecule has 25 heteroatoms. The van der Waals surface area contributed by atoms with Gasteiger partial charge in [0.05, 0.1) is 43.8 Å². The lowest BCUT2D eigenvalue weighted by molar-refractivity contribution is -0.143. The summed E-state index contributed by atoms with van der Waals surface area (Å²) in [7, 11) is 0. The molecule has 442 valence electrons. The van der Waals surface area contributed by atoms with Crippen LogP contribution in [0.5, 0.6) is 0 Å². The minimum atomic E-state index is -1.92. The number of aliphatic carboxylic acids is 2. The SMILES string of the molecule is C[C@H](NC(=O)OCc1ccccc1)C(=O)C[C@H](CC(=O)O)C(=O)N[C@@H](CC(N)=O)C(=O)N[C@@H](CCN(C(=O)CO)[C@@H](c1cc(-c2cc(F)ccc2F)cn1Cc1ccccc1)C(C)(C)C)C(=O)NCCCC(=O)CNC(=O)CCC(=O)O. The molecule has 82 heavy (non-hydrogen) atoms. The average molecular weight is 1150 g/mol. The summed E-state index contributed by atoms with van der Waals surface area (Å²) in [5, 5.41) is 41.0. The summed E-state index contributed by atoms with van der Waals surface area (Å²) >= 11 is 0. The predicted octanol–water partition coefficient (Wildman–Crippen LogP) is 3.44. The number of hydrogen-bond acceptors (Lipinski definition) is 13. The number of nitrogens with two attached hydrogens (primary N) is 1. The third kappa shape index (κ3) is 21.6. The van der Waals surface area contributed by atoms with Crippen LogP contribution in [0.1, 0.15) is 102 Å². The van der Waals surface area contributed by atoms with Crippen molar-refractivity contribution in [3.05, 3.63) is 120 Å². The van der Waals surface area contributed by atoms with E-state index in [1.807, 2.05) is 12.1 Å². The van der Waals surface area contributed by atoms with Gasteiger partial charge in [-0.25, -0.2) is 13.6 Å². The molecule has 4 aromatic rings. The van der Waals surface area contributed by atoms with Gasteiger partial charge in [-0.1, -0.05) is 81.4 Å². The van der Waals surface area contributed by atoms with Crippen LogP contribution in [0.4, 0.5) is 13.6 Å². The fraction of sp³-hybridized carbons (Fsp3) is 0.421. The molecule has 0 fully saturated rings. The molecule has 3 aromatic carbocycles. The quantitative estimate of drug-likeness (QED) is 0.0309. The second kappa shape index (κ2) is 31.8. The summed E-state index contributed by atoms with van der Waals surface area (Å²) in [5.74, 6) is -13.2. The Hall–Kier alpha value is -8.87. The Labute approximate surface area is 471 Å². The van der Waals surface area contributed by atoms with Crippen LogP contribution in [0.15, 0.2) is 91.1 Å². The number of hydrogen-bond donors (Lipinski definition) is 9. The smallest absolute Gasteiger partial charge is 0.408 e. The molecule has 10 N–H and O–H groups in total. The number of halogens is 2. The third-order valence-corrected chi connectivity index (χ3v) is 12.8. The van der Waals surface area contributed by atoms with Gasteiger partial charge in [0, 0.05) is 61.9 Å². The number of nitrogens with zero attached hydrogens (tertiary/aromatic N) is 2. The largest absolute Gasteiger partial charge is 0.481 e. The minimum Gasteiger partial charge on any atom is -0.481 e. The Balaban J connectivity index is 1.66. The zero-order valence-corrected chi connectivity index (χ0v) is 45.9. The van der Waals surface area contributed by atoms with Crippen LogP contribution < -0.4 is 32.3 Å². The van der Waals surface area contributed by atoms with E-state index in [0.29, 0.717) is 11.3 Å². The van der Waals surface area contributed by atoms with Crippen molar-refractivity contribution in [3.8, 4) is 11.1 Å². The molecule has 23 nitrogen and oxygen atoms in total. The Kier molecular flexibility index (Phi) is 25.5. The monoisotopic (exact) mass is 1140 g/mol. The first kappa shape index (κ1) is 65.6. The van der Waals surface area contributed by atoms with Crippen LogP contribution in [0, 0.1) is 23.0 Å². The van der Waals surface area contributed by atoms with Gasteiger partial charge in [0.2, 0.25) is 35.4 Å². The number of amides is 7. The van der Waals surface area contributed by atoms with Crippen molar-refractivity contribution in [3.63, 3.8) is 0 Å². The number of aliphatic hydroxyl groups is 1. The lowest BCUT2D eigenvalue weighted by Crippen LogP contribution is -2.56. The van der Waals surface area contributed by atoms with Crippen molar-refractivity contribution in [1.29, 1.82) is 0 Å². The number of aromatic nitrogens is 1. The number of carbonyl (C=O) groups excluding carboxylic acids is 9. The Morgan fingerprint density at radius 1 is 0.732 bits per heavy atom. The molecular formula is C57H70F2N8O15. The van der Waals surface area contributed by atoms with Gasteiger partial charge in [-0.05, 0) is 60.6 Å². The zero-order chi connectivity index (χ0) is 60.7. The molecule has 1 heterocycles. The van der Waals surface area contributed by atoms with E-state index in [2.05, 4.69) is 26.6 Å². The van der Waals surface area contributed by atoms with Crippen LogP contribution in [0.3, 0.4) is 0 Å². The molecule has 4 rings (SSSR count). The molecule has 0 radical (unpaired) electrons. The van der Waals surface area contributed by atoms with Crippen LogP contribution in [0.2, 0.25) is 0 Å². The van der Waals surface area contributed by atoms with Gasteiger partial charge in [0.1, 0.15) is 36.9 Å². The van der Waals surface area contributed by atoms with Crippen molar-refractivity contribution in [2.75, 3.05) is 26.2 Å². The number of alkyl carbamates (subject to hydrolysis) is 1. The van der Waals surface area contributed by atoms with E-state index >= 15 is 4.39 Å². The van der Waals surface area contributed by atoms with Crippen LogP contribution in [-0.4, -0.2) is 134 Å². The Bertz CT molecular complexity index is 2920. The molecule has 0 spiro atoms. The summed E-state index contributed by atoms with van der Waals surface area (Å²) in [4.78, 5) is 144. The Morgan fingerprint density at radius 3 is 1.99 bits per heavy atom. The number of aliphatic hydroxyl groups excluding tert-OH is 1. The molecule has 0 aliphatic rings. The number of carboxylic acid groups (broad SMARTS) is 2. The molecule has 0 aliphatic heterocycles. The second-order valence-electron chi connectivity index (χ2n) is 20.5. The number of rotatable bonds is 33. The minimum absolute atomic E-state index is 0.0167. The van der Waals surface area contributed by atoms with Gasteiger partial charge in [-0.3, -0.25) is 47.9 Å². The number of ketones is 2. The Morgan fingerprint density at radius 2 is 1.38 bits per heavy atom. The average Bonchev–Trinajstić information content (AvgIpc) is 4.06. The molecule has 0 aliphatic carbocycles. The lowest BCUT2D eigenvalue weighted by atomic mass is 9.82. The van der Waals surface area contributed by atoms with Crippen molar-refractivity contribution in [2.24, 2.45) is 17.1 Å². The van der Waals surface area contributed by atoms with E-state index in [1.54, 1.807) is 86.1 Å². The molecule has 7 amide bonds. The van der Waals surface area contributed by atoms with Crippen LogP contribution in [0.25, 0.3) is 11.1 Å². The summed E-state index contributed by atoms with van der Waals surface area (Å²) in [5.41, 5.74) is 6.52. The maximum atomic E-state index is 15.4. The standard InChI is InChI=1S/C57H70F2N8O15/c1-34(63-56(81)82-33-36-14-9-6-10-15-36)46(70)25-37(26-51(76)77)53(78)65-44(28-47(60)71)55(80)64-43(54(79)61-22-11-16-40(69)29-62-48(72)19-20-50(74)75)21-23-67(49(73)32-68)52(57(2,3)4)45-24-38(41-27-39(58)17-18-42(41)59)31-66(45)30-35-12-7-5-8-13-35/h5-10,12-15,17-18,24,27,31,34,37,43-44,52,68H,11,16,19-23,25-26,28-30,32-33H2,1-4H3,(H2,60,71)(H,61,79)(H,62,72)(H,63,81)(H,64,80)(H,65,78)(H,74,75)(H,76,77)/t34-,37+,43-,44-,52-/m0/s1. The zero-order valence-electron chi connectivity index (χ0n) is 45.9. The molecule has 5 atom stereocenters. The number of ether oxygens (including phenoxy) is 1. The van der Waals surface area contributed by atoms with E-state index in [1.165, 1.54) is 11.8 Å². The first-order valence-electron chi connectivity index (χ1n) is 26.2. The highest BCUT2D eigenvalue weighted by molar-refractivity contribution is 5.97. The van der Waals surface area contributed by atoms with Crippen molar-refractivity contribution < 1.29 is 81.6 Å². The van der Waals surface area contributed by atoms with E-state index in [4.69, 9.17) is 15.6 Å². The van der Waals surface area contributed by atoms with Gasteiger partial charge in [0.25, 0.3) is 0 Å². The number of carbonyl (C=O) groups is 11. The molecule has 0 saturated carbocycles. The number of Topliss-reactive ketones (excluding diaryl/α,β-unsaturated/α-hetero) is 2. The van der Waals surface area contributed by atoms with E-state index in [9.17, 15) is 67.3 Å². The fourth-order valence-corrected chi connectivity index (χ4v) is 8.73. The third-order valence-electron chi connectivity index (χ3n) is 12.8. The molecule has 0 saturated heterocycles. The molecule has 0 unspecified atom stereocenters. The van der Waals surface area contributed by atoms with Gasteiger partial charge in [0.15, 0.2) is 11.6 Å². The fourth-order valence-electron chi connectivity index (χ4n) is 8.73. The van der Waals surface area contributed by atoms with E-state index in [-0.39, 0.29) is 50.1 Å².